The summed E-state index contributed by atoms with van der Waals surface area (Å²) in [6.45, 7) is 3.09. The summed E-state index contributed by atoms with van der Waals surface area (Å²) in [5, 5.41) is 0. The van der Waals surface area contributed by atoms with Crippen molar-refractivity contribution in [1.82, 2.24) is 4.90 Å². The van der Waals surface area contributed by atoms with E-state index in [4.69, 9.17) is 4.74 Å². The van der Waals surface area contributed by atoms with E-state index in [2.05, 4.69) is 53.4 Å². The quantitative estimate of drug-likeness (QED) is 0.600. The van der Waals surface area contributed by atoms with Crippen molar-refractivity contribution in [3.05, 3.63) is 60.2 Å². The third kappa shape index (κ3) is 4.53. The van der Waals surface area contributed by atoms with E-state index in [1.54, 1.807) is 0 Å². The SMILES string of the molecule is O=CCC[C@H]1[C@H](N2CCCC2)CC[C@H]1OCc1ccc(-c2ccccc2)cc1. The van der Waals surface area contributed by atoms with Gasteiger partial charge in [0.05, 0.1) is 12.7 Å². The molecule has 0 unspecified atom stereocenters. The van der Waals surface area contributed by atoms with Gasteiger partial charge in [-0.15, -0.1) is 0 Å². The number of hydrogen-bond donors (Lipinski definition) is 0. The van der Waals surface area contributed by atoms with Crippen molar-refractivity contribution in [2.45, 2.75) is 57.3 Å². The van der Waals surface area contributed by atoms with Crippen LogP contribution in [0.5, 0.6) is 0 Å². The number of likely N-dealkylation sites (tertiary alicyclic amines) is 1. The first-order valence-electron chi connectivity index (χ1n) is 10.8. The maximum absolute atomic E-state index is 11.0. The lowest BCUT2D eigenvalue weighted by molar-refractivity contribution is -0.108. The van der Waals surface area contributed by atoms with Crippen LogP contribution >= 0.6 is 0 Å². The Morgan fingerprint density at radius 1 is 0.929 bits per heavy atom. The molecule has 0 aromatic heterocycles. The minimum atomic E-state index is 0.277. The summed E-state index contributed by atoms with van der Waals surface area (Å²) < 4.78 is 6.39. The van der Waals surface area contributed by atoms with Gasteiger partial charge in [0.15, 0.2) is 0 Å². The zero-order valence-corrected chi connectivity index (χ0v) is 16.6. The van der Waals surface area contributed by atoms with E-state index in [0.29, 0.717) is 25.0 Å². The highest BCUT2D eigenvalue weighted by molar-refractivity contribution is 5.63. The van der Waals surface area contributed by atoms with Gasteiger partial charge in [0, 0.05) is 18.4 Å². The van der Waals surface area contributed by atoms with Crippen molar-refractivity contribution >= 4 is 6.29 Å². The summed E-state index contributed by atoms with van der Waals surface area (Å²) in [6, 6.07) is 19.8. The van der Waals surface area contributed by atoms with Crippen LogP contribution in [0.15, 0.2) is 54.6 Å². The van der Waals surface area contributed by atoms with Gasteiger partial charge in [-0.3, -0.25) is 0 Å². The Hall–Kier alpha value is -1.97. The summed E-state index contributed by atoms with van der Waals surface area (Å²) in [5.74, 6) is 0.492. The fourth-order valence-corrected chi connectivity index (χ4v) is 5.01. The second kappa shape index (κ2) is 9.49. The van der Waals surface area contributed by atoms with Crippen LogP contribution < -0.4 is 0 Å². The molecule has 2 aromatic rings. The molecular formula is C25H31NO2. The normalized spacial score (nSPS) is 25.2. The molecule has 0 spiro atoms. The molecule has 1 heterocycles. The monoisotopic (exact) mass is 377 g/mol. The number of hydrogen-bond acceptors (Lipinski definition) is 3. The number of carbonyl (C=O) groups is 1. The van der Waals surface area contributed by atoms with Gasteiger partial charge in [-0.1, -0.05) is 54.6 Å². The van der Waals surface area contributed by atoms with Crippen LogP contribution in [0, 0.1) is 5.92 Å². The molecule has 148 valence electrons. The van der Waals surface area contributed by atoms with Gasteiger partial charge in [-0.25, -0.2) is 0 Å². The van der Waals surface area contributed by atoms with Crippen molar-refractivity contribution < 1.29 is 9.53 Å². The highest BCUT2D eigenvalue weighted by Crippen LogP contribution is 2.37. The van der Waals surface area contributed by atoms with E-state index in [-0.39, 0.29) is 6.10 Å². The topological polar surface area (TPSA) is 29.5 Å². The van der Waals surface area contributed by atoms with Crippen LogP contribution in [-0.4, -0.2) is 36.4 Å². The molecule has 28 heavy (non-hydrogen) atoms. The molecule has 2 aliphatic rings. The van der Waals surface area contributed by atoms with Crippen molar-refractivity contribution in [1.29, 1.82) is 0 Å². The lowest BCUT2D eigenvalue weighted by Crippen LogP contribution is -2.38. The van der Waals surface area contributed by atoms with Crippen LogP contribution in [-0.2, 0) is 16.1 Å². The van der Waals surface area contributed by atoms with Gasteiger partial charge < -0.3 is 14.4 Å². The molecule has 0 radical (unpaired) electrons. The van der Waals surface area contributed by atoms with E-state index in [1.807, 2.05) is 6.07 Å². The standard InChI is InChI=1S/C25H31NO2/c27-18-6-9-23-24(26-16-4-5-17-26)14-15-25(23)28-19-20-10-12-22(13-11-20)21-7-2-1-3-8-21/h1-3,7-8,10-13,18,23-25H,4-6,9,14-17,19H2/t23-,24+,25+/m0/s1. The number of rotatable bonds is 8. The summed E-state index contributed by atoms with van der Waals surface area (Å²) in [5.41, 5.74) is 3.70. The van der Waals surface area contributed by atoms with E-state index in [9.17, 15) is 4.79 Å². The summed E-state index contributed by atoms with van der Waals surface area (Å²) in [7, 11) is 0. The van der Waals surface area contributed by atoms with Crippen LogP contribution in [0.1, 0.15) is 44.1 Å². The predicted octanol–water partition coefficient (Wildman–Crippen LogP) is 5.09. The zero-order chi connectivity index (χ0) is 19.2. The Labute approximate surface area is 168 Å². The minimum absolute atomic E-state index is 0.277. The van der Waals surface area contributed by atoms with E-state index >= 15 is 0 Å². The van der Waals surface area contributed by atoms with Gasteiger partial charge in [-0.05, 0) is 61.9 Å². The van der Waals surface area contributed by atoms with Crippen molar-refractivity contribution in [3.63, 3.8) is 0 Å². The lowest BCUT2D eigenvalue weighted by atomic mass is 9.95. The molecule has 2 aromatic carbocycles. The molecule has 3 nitrogen and oxygen atoms in total. The second-order valence-electron chi connectivity index (χ2n) is 8.21. The first-order valence-corrected chi connectivity index (χ1v) is 10.8. The Bertz CT molecular complexity index is 737. The second-order valence-corrected chi connectivity index (χ2v) is 8.21. The number of nitrogens with zero attached hydrogens (tertiary/aromatic N) is 1. The molecule has 1 saturated heterocycles. The van der Waals surface area contributed by atoms with Gasteiger partial charge in [0.25, 0.3) is 0 Å². The fraction of sp³-hybridized carbons (Fsp3) is 0.480. The van der Waals surface area contributed by atoms with E-state index < -0.39 is 0 Å². The number of aldehydes is 1. The molecule has 3 heteroatoms. The smallest absolute Gasteiger partial charge is 0.120 e. The fourth-order valence-electron chi connectivity index (χ4n) is 5.01. The number of carbonyl (C=O) groups excluding carboxylic acids is 1. The van der Waals surface area contributed by atoms with Gasteiger partial charge in [0.1, 0.15) is 6.29 Å². The zero-order valence-electron chi connectivity index (χ0n) is 16.6. The molecule has 2 fully saturated rings. The Morgan fingerprint density at radius 2 is 1.64 bits per heavy atom. The van der Waals surface area contributed by atoms with Crippen molar-refractivity contribution in [2.75, 3.05) is 13.1 Å². The molecule has 0 N–H and O–H groups in total. The number of benzene rings is 2. The highest BCUT2D eigenvalue weighted by Gasteiger charge is 2.40. The summed E-state index contributed by atoms with van der Waals surface area (Å²) in [4.78, 5) is 13.6. The Kier molecular flexibility index (Phi) is 6.56. The van der Waals surface area contributed by atoms with Gasteiger partial charge in [-0.2, -0.15) is 0 Å². The molecule has 4 rings (SSSR count). The molecule has 0 bridgehead atoms. The third-order valence-corrected chi connectivity index (χ3v) is 6.47. The average molecular weight is 378 g/mol. The average Bonchev–Trinajstić information content (AvgIpc) is 3.41. The first kappa shape index (κ1) is 19.4. The van der Waals surface area contributed by atoms with Crippen molar-refractivity contribution in [3.8, 4) is 11.1 Å². The number of ether oxygens (including phenoxy) is 1. The van der Waals surface area contributed by atoms with Crippen LogP contribution in [0.3, 0.4) is 0 Å². The Morgan fingerprint density at radius 3 is 2.36 bits per heavy atom. The maximum Gasteiger partial charge on any atom is 0.120 e. The minimum Gasteiger partial charge on any atom is -0.373 e. The van der Waals surface area contributed by atoms with Crippen LogP contribution in [0.25, 0.3) is 11.1 Å². The summed E-state index contributed by atoms with van der Waals surface area (Å²) >= 11 is 0. The Balaban J connectivity index is 1.37. The summed E-state index contributed by atoms with van der Waals surface area (Å²) in [6.07, 6.45) is 7.92. The molecule has 1 aliphatic heterocycles. The maximum atomic E-state index is 11.0. The largest absolute Gasteiger partial charge is 0.373 e. The lowest BCUT2D eigenvalue weighted by Gasteiger charge is -2.31. The van der Waals surface area contributed by atoms with E-state index in [1.165, 1.54) is 49.0 Å². The van der Waals surface area contributed by atoms with Crippen LogP contribution in [0.4, 0.5) is 0 Å². The van der Waals surface area contributed by atoms with Crippen molar-refractivity contribution in [2.24, 2.45) is 5.92 Å². The van der Waals surface area contributed by atoms with Gasteiger partial charge in [0.2, 0.25) is 0 Å². The van der Waals surface area contributed by atoms with Gasteiger partial charge >= 0.3 is 0 Å². The molecular weight excluding hydrogens is 346 g/mol. The first-order chi connectivity index (χ1) is 13.8. The van der Waals surface area contributed by atoms with E-state index in [0.717, 1.165) is 19.1 Å². The molecule has 1 aliphatic carbocycles. The van der Waals surface area contributed by atoms with Crippen LogP contribution in [0.2, 0.25) is 0 Å². The predicted molar refractivity (Wildman–Crippen MR) is 113 cm³/mol. The molecule has 3 atom stereocenters. The molecule has 1 saturated carbocycles. The molecule has 0 amide bonds. The highest BCUT2D eigenvalue weighted by atomic mass is 16.5. The third-order valence-electron chi connectivity index (χ3n) is 6.47.